The molecular formula is C14H21N5O2. The average molecular weight is 291 g/mol. The number of hydrogen-bond donors (Lipinski definition) is 0. The average Bonchev–Trinajstić information content (AvgIpc) is 2.62. The Morgan fingerprint density at radius 1 is 1.29 bits per heavy atom. The number of piperazine rings is 1. The van der Waals surface area contributed by atoms with Crippen LogP contribution in [0.4, 0.5) is 4.79 Å². The lowest BCUT2D eigenvalue weighted by molar-refractivity contribution is 0.0169. The fourth-order valence-corrected chi connectivity index (χ4v) is 1.97. The topological polar surface area (TPSA) is 69.9 Å². The second-order valence-corrected chi connectivity index (χ2v) is 5.92. The molecular weight excluding hydrogens is 270 g/mol. The molecule has 2 aliphatic rings. The van der Waals surface area contributed by atoms with Gasteiger partial charge in [-0.2, -0.15) is 4.99 Å². The molecule has 1 amide bonds. The van der Waals surface area contributed by atoms with Gasteiger partial charge in [0.05, 0.1) is 0 Å². The van der Waals surface area contributed by atoms with Crippen molar-refractivity contribution in [3.8, 4) is 0 Å². The van der Waals surface area contributed by atoms with Gasteiger partial charge < -0.3 is 14.5 Å². The highest BCUT2D eigenvalue weighted by atomic mass is 16.6. The van der Waals surface area contributed by atoms with Crippen molar-refractivity contribution in [2.24, 2.45) is 15.0 Å². The van der Waals surface area contributed by atoms with Gasteiger partial charge in [-0.05, 0) is 27.7 Å². The first-order chi connectivity index (χ1) is 9.85. The monoisotopic (exact) mass is 291 g/mol. The Morgan fingerprint density at radius 2 is 1.95 bits per heavy atom. The van der Waals surface area contributed by atoms with E-state index >= 15 is 0 Å². The number of amidine groups is 1. The molecule has 0 aromatic heterocycles. The molecule has 2 rings (SSSR count). The zero-order chi connectivity index (χ0) is 15.5. The van der Waals surface area contributed by atoms with E-state index in [-0.39, 0.29) is 6.09 Å². The molecule has 2 heterocycles. The van der Waals surface area contributed by atoms with Crippen LogP contribution in [0.5, 0.6) is 0 Å². The molecule has 0 bridgehead atoms. The van der Waals surface area contributed by atoms with Crippen LogP contribution in [-0.2, 0) is 4.74 Å². The van der Waals surface area contributed by atoms with Crippen molar-refractivity contribution in [1.29, 1.82) is 0 Å². The Morgan fingerprint density at radius 3 is 2.57 bits per heavy atom. The van der Waals surface area contributed by atoms with Gasteiger partial charge in [0, 0.05) is 32.0 Å². The van der Waals surface area contributed by atoms with Crippen LogP contribution < -0.4 is 0 Å². The van der Waals surface area contributed by atoms with E-state index in [1.807, 2.05) is 32.6 Å². The Balaban J connectivity index is 1.93. The Hall–Kier alpha value is -2.14. The van der Waals surface area contributed by atoms with E-state index in [0.717, 1.165) is 0 Å². The molecule has 7 heteroatoms. The van der Waals surface area contributed by atoms with Crippen molar-refractivity contribution in [1.82, 2.24) is 9.80 Å². The summed E-state index contributed by atoms with van der Waals surface area (Å²) in [7, 11) is 0. The van der Waals surface area contributed by atoms with Crippen LogP contribution >= 0.6 is 0 Å². The van der Waals surface area contributed by atoms with Gasteiger partial charge in [-0.15, -0.1) is 0 Å². The van der Waals surface area contributed by atoms with Gasteiger partial charge in [0.2, 0.25) is 0 Å². The molecule has 0 aromatic rings. The van der Waals surface area contributed by atoms with E-state index in [0.29, 0.717) is 37.8 Å². The maximum absolute atomic E-state index is 12.0. The number of rotatable bonds is 1. The number of hydrogen-bond acceptors (Lipinski definition) is 6. The summed E-state index contributed by atoms with van der Waals surface area (Å²) in [6.07, 6.45) is 1.16. The maximum Gasteiger partial charge on any atom is 0.410 e. The van der Waals surface area contributed by atoms with Crippen molar-refractivity contribution in [2.75, 3.05) is 26.2 Å². The molecule has 1 fully saturated rings. The van der Waals surface area contributed by atoms with Crippen molar-refractivity contribution < 1.29 is 9.53 Å². The Kier molecular flexibility index (Phi) is 4.43. The van der Waals surface area contributed by atoms with Gasteiger partial charge in [0.15, 0.2) is 5.82 Å². The van der Waals surface area contributed by atoms with Crippen molar-refractivity contribution in [3.63, 3.8) is 0 Å². The molecule has 114 valence electrons. The summed E-state index contributed by atoms with van der Waals surface area (Å²) >= 11 is 0. The Labute approximate surface area is 124 Å². The van der Waals surface area contributed by atoms with Crippen molar-refractivity contribution >= 4 is 24.1 Å². The van der Waals surface area contributed by atoms with Gasteiger partial charge >= 0.3 is 6.09 Å². The van der Waals surface area contributed by atoms with E-state index in [1.54, 1.807) is 4.90 Å². The van der Waals surface area contributed by atoms with Crippen LogP contribution in [0.3, 0.4) is 0 Å². The number of nitrogens with zero attached hydrogens (tertiary/aromatic N) is 5. The first-order valence-corrected chi connectivity index (χ1v) is 6.99. The number of amides is 1. The molecule has 0 radical (unpaired) electrons. The largest absolute Gasteiger partial charge is 0.444 e. The summed E-state index contributed by atoms with van der Waals surface area (Å²) < 4.78 is 5.37. The number of aliphatic imine (C=N–C) groups is 3. The van der Waals surface area contributed by atoms with E-state index in [9.17, 15) is 4.79 Å². The lowest BCUT2D eigenvalue weighted by atomic mass is 10.2. The predicted octanol–water partition coefficient (Wildman–Crippen LogP) is 1.51. The molecule has 0 aliphatic carbocycles. The van der Waals surface area contributed by atoms with Crippen molar-refractivity contribution in [2.45, 2.75) is 33.3 Å². The van der Waals surface area contributed by atoms with Crippen LogP contribution in [0.25, 0.3) is 0 Å². The summed E-state index contributed by atoms with van der Waals surface area (Å²) in [5.74, 6) is 4.17. The lowest BCUT2D eigenvalue weighted by Crippen LogP contribution is -2.49. The Bertz CT molecular complexity index is 530. The molecule has 0 N–H and O–H groups in total. The SMILES string of the molecule is CC1=NC(N2CCN(C(=O)OC(C)(C)C)CC2)=C=NC=N1. The number of carbonyl (C=O) groups is 1. The highest BCUT2D eigenvalue weighted by Crippen LogP contribution is 2.14. The van der Waals surface area contributed by atoms with Gasteiger partial charge in [0.25, 0.3) is 0 Å². The van der Waals surface area contributed by atoms with Crippen LogP contribution in [0.1, 0.15) is 27.7 Å². The van der Waals surface area contributed by atoms with E-state index in [2.05, 4.69) is 20.8 Å². The fraction of sp³-hybridized carbons (Fsp3) is 0.643. The smallest absolute Gasteiger partial charge is 0.410 e. The quantitative estimate of drug-likeness (QED) is 0.735. The second-order valence-electron chi connectivity index (χ2n) is 5.92. The standard InChI is InChI=1S/C14H21N5O2/c1-11-16-10-15-9-12(17-11)18-5-7-19(8-6-18)13(20)21-14(2,3)4/h10H,5-8H2,1-4H3. The molecule has 0 aromatic carbocycles. The van der Waals surface area contributed by atoms with E-state index < -0.39 is 5.60 Å². The minimum atomic E-state index is -0.469. The summed E-state index contributed by atoms with van der Waals surface area (Å²) in [6.45, 7) is 9.95. The first kappa shape index (κ1) is 15.3. The van der Waals surface area contributed by atoms with Crippen LogP contribution in [-0.4, -0.2) is 65.7 Å². The fourth-order valence-electron chi connectivity index (χ4n) is 1.97. The molecule has 2 aliphatic heterocycles. The minimum Gasteiger partial charge on any atom is -0.444 e. The molecule has 1 saturated heterocycles. The minimum absolute atomic E-state index is 0.270. The summed E-state index contributed by atoms with van der Waals surface area (Å²) in [5.41, 5.74) is -0.469. The highest BCUT2D eigenvalue weighted by Gasteiger charge is 2.26. The zero-order valence-corrected chi connectivity index (χ0v) is 13.0. The molecule has 0 spiro atoms. The second kappa shape index (κ2) is 6.10. The van der Waals surface area contributed by atoms with Crippen LogP contribution in [0.2, 0.25) is 0 Å². The molecule has 0 unspecified atom stereocenters. The maximum atomic E-state index is 12.0. The third-order valence-electron chi connectivity index (χ3n) is 2.97. The first-order valence-electron chi connectivity index (χ1n) is 6.99. The van der Waals surface area contributed by atoms with Gasteiger partial charge in [-0.3, -0.25) is 0 Å². The highest BCUT2D eigenvalue weighted by molar-refractivity contribution is 5.92. The van der Waals surface area contributed by atoms with Gasteiger partial charge in [-0.25, -0.2) is 14.8 Å². The third kappa shape index (κ3) is 4.43. The van der Waals surface area contributed by atoms with Gasteiger partial charge in [0.1, 0.15) is 17.8 Å². The summed E-state index contributed by atoms with van der Waals surface area (Å²) in [5, 5.41) is 0. The molecule has 0 atom stereocenters. The van der Waals surface area contributed by atoms with E-state index in [4.69, 9.17) is 4.74 Å². The lowest BCUT2D eigenvalue weighted by Gasteiger charge is -2.35. The van der Waals surface area contributed by atoms with Crippen molar-refractivity contribution in [3.05, 3.63) is 5.82 Å². The zero-order valence-electron chi connectivity index (χ0n) is 13.0. The predicted molar refractivity (Wildman–Crippen MR) is 81.9 cm³/mol. The van der Waals surface area contributed by atoms with E-state index in [1.165, 1.54) is 6.34 Å². The number of carbonyl (C=O) groups excluding carboxylic acids is 1. The molecule has 7 nitrogen and oxygen atoms in total. The third-order valence-corrected chi connectivity index (χ3v) is 2.97. The molecule has 0 saturated carbocycles. The van der Waals surface area contributed by atoms with Crippen LogP contribution in [0, 0.1) is 0 Å². The van der Waals surface area contributed by atoms with Crippen LogP contribution in [0.15, 0.2) is 20.8 Å². The summed E-state index contributed by atoms with van der Waals surface area (Å²) in [4.78, 5) is 28.1. The summed E-state index contributed by atoms with van der Waals surface area (Å²) in [6, 6.07) is 0. The molecule has 21 heavy (non-hydrogen) atoms. The number of ether oxygens (including phenoxy) is 1. The van der Waals surface area contributed by atoms with Gasteiger partial charge in [-0.1, -0.05) is 0 Å². The normalized spacial score (nSPS) is 19.0.